The van der Waals surface area contributed by atoms with Crippen LogP contribution in [0.25, 0.3) is 0 Å². The number of aliphatic hydroxyl groups is 1. The lowest BCUT2D eigenvalue weighted by Crippen LogP contribution is -2.17. The first kappa shape index (κ1) is 9.12. The van der Waals surface area contributed by atoms with Gasteiger partial charge in [0.1, 0.15) is 5.01 Å². The molecule has 2 rings (SSSR count). The van der Waals surface area contributed by atoms with Gasteiger partial charge < -0.3 is 10.4 Å². The molecule has 1 aromatic heterocycles. The summed E-state index contributed by atoms with van der Waals surface area (Å²) in [6.07, 6.45) is 3.65. The monoisotopic (exact) mass is 198 g/mol. The van der Waals surface area contributed by atoms with E-state index in [-0.39, 0.29) is 6.61 Å². The third-order valence-electron chi connectivity index (χ3n) is 2.20. The zero-order chi connectivity index (χ0) is 9.10. The summed E-state index contributed by atoms with van der Waals surface area (Å²) >= 11 is 1.82. The zero-order valence-corrected chi connectivity index (χ0v) is 8.36. The Morgan fingerprint density at radius 1 is 1.46 bits per heavy atom. The molecule has 0 bridgehead atoms. The molecule has 0 spiro atoms. The summed E-state index contributed by atoms with van der Waals surface area (Å²) in [5.41, 5.74) is 1.31. The Kier molecular flexibility index (Phi) is 2.93. The lowest BCUT2D eigenvalue weighted by molar-refractivity contribution is 0.292. The Hall–Kier alpha value is -0.450. The number of hydrogen-bond acceptors (Lipinski definition) is 4. The molecular formula is C9H14N2OS. The predicted molar refractivity (Wildman–Crippen MR) is 52.9 cm³/mol. The van der Waals surface area contributed by atoms with Crippen molar-refractivity contribution in [3.8, 4) is 0 Å². The highest BCUT2D eigenvalue weighted by Crippen LogP contribution is 2.27. The van der Waals surface area contributed by atoms with Crippen molar-refractivity contribution in [2.75, 3.05) is 13.2 Å². The summed E-state index contributed by atoms with van der Waals surface area (Å²) in [5, 5.41) is 12.9. The Labute approximate surface area is 81.8 Å². The van der Waals surface area contributed by atoms with Gasteiger partial charge in [0.05, 0.1) is 12.3 Å². The Bertz CT molecular complexity index is 264. The van der Waals surface area contributed by atoms with Crippen LogP contribution < -0.4 is 5.32 Å². The molecule has 13 heavy (non-hydrogen) atoms. The number of thiazole rings is 1. The summed E-state index contributed by atoms with van der Waals surface area (Å²) in [6.45, 7) is 1.66. The number of aryl methyl sites for hydroxylation is 2. The first-order chi connectivity index (χ1) is 6.40. The highest BCUT2D eigenvalue weighted by Gasteiger charge is 2.15. The van der Waals surface area contributed by atoms with Crippen molar-refractivity contribution >= 4 is 11.3 Å². The van der Waals surface area contributed by atoms with E-state index in [1.807, 2.05) is 11.3 Å². The van der Waals surface area contributed by atoms with Gasteiger partial charge in [-0.15, -0.1) is 11.3 Å². The van der Waals surface area contributed by atoms with Crippen molar-refractivity contribution < 1.29 is 5.11 Å². The Morgan fingerprint density at radius 3 is 3.15 bits per heavy atom. The molecule has 0 aliphatic heterocycles. The minimum Gasteiger partial charge on any atom is -0.395 e. The van der Waals surface area contributed by atoms with Crippen LogP contribution in [-0.2, 0) is 19.4 Å². The summed E-state index contributed by atoms with van der Waals surface area (Å²) in [5.74, 6) is 0. The number of nitrogens with zero attached hydrogens (tertiary/aromatic N) is 1. The van der Waals surface area contributed by atoms with Gasteiger partial charge in [-0.05, 0) is 19.3 Å². The SMILES string of the molecule is OCCNCc1nc2c(s1)CCC2. The van der Waals surface area contributed by atoms with Gasteiger partial charge in [-0.2, -0.15) is 0 Å². The molecule has 72 valence electrons. The lowest BCUT2D eigenvalue weighted by Gasteiger charge is -1.97. The summed E-state index contributed by atoms with van der Waals surface area (Å²) in [6, 6.07) is 0. The molecule has 1 heterocycles. The number of hydrogen-bond donors (Lipinski definition) is 2. The average Bonchev–Trinajstić information content (AvgIpc) is 2.64. The molecule has 0 saturated carbocycles. The molecule has 2 N–H and O–H groups in total. The Morgan fingerprint density at radius 2 is 2.38 bits per heavy atom. The molecule has 1 aliphatic carbocycles. The average molecular weight is 198 g/mol. The van der Waals surface area contributed by atoms with E-state index in [9.17, 15) is 0 Å². The summed E-state index contributed by atoms with van der Waals surface area (Å²) in [4.78, 5) is 6.01. The first-order valence-electron chi connectivity index (χ1n) is 4.69. The number of aliphatic hydroxyl groups excluding tert-OH is 1. The van der Waals surface area contributed by atoms with Crippen molar-refractivity contribution in [2.45, 2.75) is 25.8 Å². The minimum absolute atomic E-state index is 0.199. The van der Waals surface area contributed by atoms with E-state index in [1.165, 1.54) is 23.4 Å². The summed E-state index contributed by atoms with van der Waals surface area (Å²) in [7, 11) is 0. The van der Waals surface area contributed by atoms with Gasteiger partial charge in [0, 0.05) is 18.0 Å². The van der Waals surface area contributed by atoms with E-state index in [1.54, 1.807) is 0 Å². The fourth-order valence-electron chi connectivity index (χ4n) is 1.59. The molecule has 4 heteroatoms. The third kappa shape index (κ3) is 2.07. The molecule has 1 aliphatic rings. The number of fused-ring (bicyclic) bond motifs is 1. The molecule has 0 amide bonds. The van der Waals surface area contributed by atoms with Crippen molar-refractivity contribution in [1.82, 2.24) is 10.3 Å². The first-order valence-corrected chi connectivity index (χ1v) is 5.51. The maximum Gasteiger partial charge on any atom is 0.107 e. The van der Waals surface area contributed by atoms with Crippen LogP contribution in [0.4, 0.5) is 0 Å². The van der Waals surface area contributed by atoms with Gasteiger partial charge >= 0.3 is 0 Å². The van der Waals surface area contributed by atoms with E-state index in [4.69, 9.17) is 5.11 Å². The molecule has 0 unspecified atom stereocenters. The van der Waals surface area contributed by atoms with Crippen molar-refractivity contribution in [1.29, 1.82) is 0 Å². The molecule has 0 fully saturated rings. The topological polar surface area (TPSA) is 45.1 Å². The number of rotatable bonds is 4. The molecule has 0 saturated heterocycles. The van der Waals surface area contributed by atoms with E-state index >= 15 is 0 Å². The van der Waals surface area contributed by atoms with Gasteiger partial charge in [0.15, 0.2) is 0 Å². The van der Waals surface area contributed by atoms with Gasteiger partial charge in [-0.1, -0.05) is 0 Å². The van der Waals surface area contributed by atoms with Crippen LogP contribution >= 0.6 is 11.3 Å². The second-order valence-corrected chi connectivity index (χ2v) is 4.40. The quantitative estimate of drug-likeness (QED) is 0.701. The number of aromatic nitrogens is 1. The fraction of sp³-hybridized carbons (Fsp3) is 0.667. The van der Waals surface area contributed by atoms with E-state index in [0.29, 0.717) is 6.54 Å². The fourth-order valence-corrected chi connectivity index (χ4v) is 2.72. The highest BCUT2D eigenvalue weighted by molar-refractivity contribution is 7.11. The number of nitrogens with one attached hydrogen (secondary N) is 1. The van der Waals surface area contributed by atoms with Crippen LogP contribution in [0, 0.1) is 0 Å². The largest absolute Gasteiger partial charge is 0.395 e. The van der Waals surface area contributed by atoms with Crippen LogP contribution in [0.5, 0.6) is 0 Å². The zero-order valence-electron chi connectivity index (χ0n) is 7.55. The van der Waals surface area contributed by atoms with Crippen LogP contribution in [0.2, 0.25) is 0 Å². The maximum atomic E-state index is 8.58. The minimum atomic E-state index is 0.199. The normalized spacial score (nSPS) is 14.8. The van der Waals surface area contributed by atoms with Crippen LogP contribution in [0.3, 0.4) is 0 Å². The van der Waals surface area contributed by atoms with Gasteiger partial charge in [-0.3, -0.25) is 0 Å². The van der Waals surface area contributed by atoms with Crippen molar-refractivity contribution in [3.63, 3.8) is 0 Å². The molecule has 0 aromatic carbocycles. The third-order valence-corrected chi connectivity index (χ3v) is 3.36. The van der Waals surface area contributed by atoms with Crippen molar-refractivity contribution in [3.05, 3.63) is 15.6 Å². The van der Waals surface area contributed by atoms with E-state index in [2.05, 4.69) is 10.3 Å². The molecule has 0 atom stereocenters. The van der Waals surface area contributed by atoms with Crippen LogP contribution in [0.1, 0.15) is 22.0 Å². The maximum absolute atomic E-state index is 8.58. The van der Waals surface area contributed by atoms with Crippen molar-refractivity contribution in [2.24, 2.45) is 0 Å². The smallest absolute Gasteiger partial charge is 0.107 e. The van der Waals surface area contributed by atoms with E-state index in [0.717, 1.165) is 18.0 Å². The van der Waals surface area contributed by atoms with Gasteiger partial charge in [0.25, 0.3) is 0 Å². The predicted octanol–water partition coefficient (Wildman–Crippen LogP) is 0.714. The molecule has 0 radical (unpaired) electrons. The second kappa shape index (κ2) is 4.17. The molecule has 3 nitrogen and oxygen atoms in total. The van der Waals surface area contributed by atoms with Crippen LogP contribution in [0.15, 0.2) is 0 Å². The summed E-state index contributed by atoms with van der Waals surface area (Å²) < 4.78 is 0. The van der Waals surface area contributed by atoms with Gasteiger partial charge in [0.2, 0.25) is 0 Å². The molecular weight excluding hydrogens is 184 g/mol. The molecule has 1 aromatic rings. The Balaban J connectivity index is 1.91. The van der Waals surface area contributed by atoms with Gasteiger partial charge in [-0.25, -0.2) is 4.98 Å². The second-order valence-electron chi connectivity index (χ2n) is 3.23. The van der Waals surface area contributed by atoms with Crippen LogP contribution in [-0.4, -0.2) is 23.2 Å². The lowest BCUT2D eigenvalue weighted by atomic mass is 10.4. The highest BCUT2D eigenvalue weighted by atomic mass is 32.1. The standard InChI is InChI=1S/C9H14N2OS/c12-5-4-10-6-9-11-7-2-1-3-8(7)13-9/h10,12H,1-6H2. The van der Waals surface area contributed by atoms with E-state index < -0.39 is 0 Å².